The smallest absolute Gasteiger partial charge is 0.241 e. The third-order valence-corrected chi connectivity index (χ3v) is 7.67. The van der Waals surface area contributed by atoms with Crippen LogP contribution in [0.5, 0.6) is 11.5 Å². The van der Waals surface area contributed by atoms with Gasteiger partial charge < -0.3 is 21.5 Å². The third kappa shape index (κ3) is 8.01. The quantitative estimate of drug-likeness (QED) is 0.329. The van der Waals surface area contributed by atoms with Gasteiger partial charge in [-0.25, -0.2) is 8.42 Å². The van der Waals surface area contributed by atoms with Gasteiger partial charge in [0.1, 0.15) is 11.5 Å². The van der Waals surface area contributed by atoms with E-state index in [0.29, 0.717) is 35.0 Å². The SMILES string of the molecule is Cl.NCCCC[C@H](N)C(=O)Nc1ccc(Oc2ccc(S(=O)(=O)CC3CS3)cc2)cc1. The summed E-state index contributed by atoms with van der Waals surface area (Å²) in [6.07, 6.45) is 2.26. The molecule has 31 heavy (non-hydrogen) atoms. The predicted molar refractivity (Wildman–Crippen MR) is 128 cm³/mol. The number of rotatable bonds is 11. The number of sulfone groups is 1. The molecule has 0 spiro atoms. The second-order valence-corrected chi connectivity index (χ2v) is 10.6. The summed E-state index contributed by atoms with van der Waals surface area (Å²) < 4.78 is 30.4. The van der Waals surface area contributed by atoms with Crippen LogP contribution in [-0.4, -0.2) is 43.7 Å². The van der Waals surface area contributed by atoms with E-state index in [1.54, 1.807) is 60.3 Å². The Labute approximate surface area is 193 Å². The van der Waals surface area contributed by atoms with Gasteiger partial charge in [-0.1, -0.05) is 6.42 Å². The molecule has 1 aliphatic rings. The molecule has 0 radical (unpaired) electrons. The molecule has 1 unspecified atom stereocenters. The number of unbranched alkanes of at least 4 members (excludes halogenated alkanes) is 1. The number of halogens is 1. The number of amides is 1. The van der Waals surface area contributed by atoms with E-state index < -0.39 is 15.9 Å². The molecule has 0 aliphatic carbocycles. The molecular formula is C21H28ClN3O4S2. The van der Waals surface area contributed by atoms with Crippen LogP contribution >= 0.6 is 24.2 Å². The standard InChI is InChI=1S/C21H27N3O4S2.ClH/c22-12-2-1-3-20(23)21(25)24-15-4-6-16(7-5-15)28-17-8-10-19(11-9-17)30(26,27)14-18-13-29-18;/h4-11,18,20H,1-3,12-14,22-23H2,(H,24,25);1H/t18?,20-;/m0./s1. The Kier molecular flexibility index (Phi) is 9.64. The first kappa shape index (κ1) is 25.5. The minimum absolute atomic E-state index is 0. The lowest BCUT2D eigenvalue weighted by Crippen LogP contribution is -2.35. The van der Waals surface area contributed by atoms with Crippen molar-refractivity contribution in [2.75, 3.05) is 23.4 Å². The number of nitrogens with two attached hydrogens (primary N) is 2. The molecule has 0 bridgehead atoms. The van der Waals surface area contributed by atoms with Crippen LogP contribution in [0.15, 0.2) is 53.4 Å². The first-order valence-electron chi connectivity index (χ1n) is 9.86. The molecule has 5 N–H and O–H groups in total. The van der Waals surface area contributed by atoms with Crippen LogP contribution in [0.1, 0.15) is 19.3 Å². The largest absolute Gasteiger partial charge is 0.457 e. The van der Waals surface area contributed by atoms with Crippen LogP contribution in [-0.2, 0) is 14.6 Å². The minimum Gasteiger partial charge on any atom is -0.457 e. The number of anilines is 1. The molecule has 1 amide bonds. The Morgan fingerprint density at radius 2 is 1.68 bits per heavy atom. The Morgan fingerprint density at radius 1 is 1.10 bits per heavy atom. The lowest BCUT2D eigenvalue weighted by molar-refractivity contribution is -0.117. The number of carbonyl (C=O) groups excluding carboxylic acids is 1. The van der Waals surface area contributed by atoms with Gasteiger partial charge in [-0.2, -0.15) is 11.8 Å². The Bertz CT molecular complexity index is 950. The molecule has 0 aromatic heterocycles. The van der Waals surface area contributed by atoms with E-state index in [4.69, 9.17) is 16.2 Å². The van der Waals surface area contributed by atoms with E-state index in [1.165, 1.54) is 0 Å². The van der Waals surface area contributed by atoms with Crippen molar-refractivity contribution in [3.63, 3.8) is 0 Å². The van der Waals surface area contributed by atoms with Gasteiger partial charge in [-0.05, 0) is 67.9 Å². The number of nitrogens with one attached hydrogen (secondary N) is 1. The maximum atomic E-state index is 12.3. The second-order valence-electron chi connectivity index (χ2n) is 7.21. The van der Waals surface area contributed by atoms with Gasteiger partial charge in [0.25, 0.3) is 0 Å². The number of hydrogen-bond acceptors (Lipinski definition) is 7. The van der Waals surface area contributed by atoms with Crippen LogP contribution in [0, 0.1) is 0 Å². The number of carbonyl (C=O) groups is 1. The van der Waals surface area contributed by atoms with Crippen molar-refractivity contribution in [3.05, 3.63) is 48.5 Å². The van der Waals surface area contributed by atoms with Crippen LogP contribution in [0.3, 0.4) is 0 Å². The van der Waals surface area contributed by atoms with Crippen molar-refractivity contribution in [1.82, 2.24) is 0 Å². The van der Waals surface area contributed by atoms with Gasteiger partial charge >= 0.3 is 0 Å². The van der Waals surface area contributed by atoms with Crippen molar-refractivity contribution in [2.24, 2.45) is 11.5 Å². The molecule has 1 aliphatic heterocycles. The molecule has 2 aromatic carbocycles. The summed E-state index contributed by atoms with van der Waals surface area (Å²) >= 11 is 1.66. The highest BCUT2D eigenvalue weighted by Crippen LogP contribution is 2.33. The molecule has 7 nitrogen and oxygen atoms in total. The van der Waals surface area contributed by atoms with Crippen LogP contribution < -0.4 is 21.5 Å². The van der Waals surface area contributed by atoms with Crippen molar-refractivity contribution in [1.29, 1.82) is 0 Å². The number of thioether (sulfide) groups is 1. The Balaban J connectivity index is 0.00000341. The maximum absolute atomic E-state index is 12.3. The summed E-state index contributed by atoms with van der Waals surface area (Å²) in [4.78, 5) is 12.4. The van der Waals surface area contributed by atoms with E-state index in [1.807, 2.05) is 0 Å². The van der Waals surface area contributed by atoms with Gasteiger partial charge in [-0.15, -0.1) is 12.4 Å². The minimum atomic E-state index is -3.25. The van der Waals surface area contributed by atoms with Crippen LogP contribution in [0.4, 0.5) is 5.69 Å². The highest BCUT2D eigenvalue weighted by molar-refractivity contribution is 8.08. The third-order valence-electron chi connectivity index (χ3n) is 4.65. The fraction of sp³-hybridized carbons (Fsp3) is 0.381. The van der Waals surface area contributed by atoms with E-state index in [0.717, 1.165) is 18.6 Å². The topological polar surface area (TPSA) is 125 Å². The molecule has 1 fully saturated rings. The zero-order valence-corrected chi connectivity index (χ0v) is 19.5. The van der Waals surface area contributed by atoms with E-state index in [2.05, 4.69) is 5.32 Å². The summed E-state index contributed by atoms with van der Waals surface area (Å²) in [5, 5.41) is 3.01. The zero-order valence-electron chi connectivity index (χ0n) is 17.0. The summed E-state index contributed by atoms with van der Waals surface area (Å²) in [6, 6.07) is 12.8. The van der Waals surface area contributed by atoms with E-state index in [-0.39, 0.29) is 29.3 Å². The van der Waals surface area contributed by atoms with E-state index in [9.17, 15) is 13.2 Å². The highest BCUT2D eigenvalue weighted by Gasteiger charge is 2.29. The van der Waals surface area contributed by atoms with Crippen LogP contribution in [0.25, 0.3) is 0 Å². The molecule has 170 valence electrons. The van der Waals surface area contributed by atoms with E-state index >= 15 is 0 Å². The molecular weight excluding hydrogens is 458 g/mol. The summed E-state index contributed by atoms with van der Waals surface area (Å²) in [5.41, 5.74) is 12.0. The second kappa shape index (κ2) is 11.7. The first-order valence-corrected chi connectivity index (χ1v) is 12.6. The van der Waals surface area contributed by atoms with Gasteiger partial charge in [-0.3, -0.25) is 4.79 Å². The predicted octanol–water partition coefficient (Wildman–Crippen LogP) is 3.18. The average molecular weight is 486 g/mol. The summed E-state index contributed by atoms with van der Waals surface area (Å²) in [7, 11) is -3.25. The number of hydrogen-bond donors (Lipinski definition) is 3. The summed E-state index contributed by atoms with van der Waals surface area (Å²) in [6.45, 7) is 0.591. The molecule has 0 saturated carbocycles. The molecule has 2 atom stereocenters. The van der Waals surface area contributed by atoms with Crippen LogP contribution in [0.2, 0.25) is 0 Å². The fourth-order valence-corrected chi connectivity index (χ4v) is 5.51. The maximum Gasteiger partial charge on any atom is 0.241 e. The van der Waals surface area contributed by atoms with Gasteiger partial charge in [0, 0.05) is 16.7 Å². The Morgan fingerprint density at radius 3 is 2.23 bits per heavy atom. The summed E-state index contributed by atoms with van der Waals surface area (Å²) in [5.74, 6) is 1.97. The molecule has 2 aromatic rings. The molecule has 1 heterocycles. The first-order chi connectivity index (χ1) is 14.4. The fourth-order valence-electron chi connectivity index (χ4n) is 2.84. The van der Waals surface area contributed by atoms with Crippen molar-refractivity contribution < 1.29 is 17.9 Å². The molecule has 3 rings (SSSR count). The molecule has 1 saturated heterocycles. The van der Waals surface area contributed by atoms with Gasteiger partial charge in [0.2, 0.25) is 5.91 Å². The zero-order chi connectivity index (χ0) is 21.6. The Hall–Kier alpha value is -1.78. The monoisotopic (exact) mass is 485 g/mol. The number of benzene rings is 2. The highest BCUT2D eigenvalue weighted by atomic mass is 35.5. The van der Waals surface area contributed by atoms with Gasteiger partial charge in [0.15, 0.2) is 9.84 Å². The lowest BCUT2D eigenvalue weighted by Gasteiger charge is -2.12. The normalized spacial score (nSPS) is 16.1. The van der Waals surface area contributed by atoms with Crippen molar-refractivity contribution in [2.45, 2.75) is 35.4 Å². The number of ether oxygens (including phenoxy) is 1. The van der Waals surface area contributed by atoms with Gasteiger partial charge in [0.05, 0.1) is 16.7 Å². The lowest BCUT2D eigenvalue weighted by atomic mass is 10.1. The molecule has 10 heteroatoms. The van der Waals surface area contributed by atoms with Crippen molar-refractivity contribution in [3.8, 4) is 11.5 Å². The van der Waals surface area contributed by atoms with Crippen molar-refractivity contribution >= 4 is 45.6 Å². The average Bonchev–Trinajstić information content (AvgIpc) is 3.53.